The first-order chi connectivity index (χ1) is 8.09. The van der Waals surface area contributed by atoms with E-state index in [1.165, 1.54) is 0 Å². The molecule has 0 aliphatic rings. The largest absolute Gasteiger partial charge is 0.339 e. The molecule has 2 aromatic rings. The maximum atomic E-state index is 4.37. The zero-order valence-corrected chi connectivity index (χ0v) is 11.5. The molecule has 4 heteroatoms. The van der Waals surface area contributed by atoms with E-state index < -0.39 is 8.24 Å². The molecule has 17 heavy (non-hydrogen) atoms. The monoisotopic (exact) mass is 243 g/mol. The first kappa shape index (κ1) is 11.8. The Hall–Kier alpha value is -1.68. The van der Waals surface area contributed by atoms with E-state index in [9.17, 15) is 0 Å². The van der Waals surface area contributed by atoms with E-state index in [0.29, 0.717) is 0 Å². The highest BCUT2D eigenvalue weighted by Crippen LogP contribution is 2.27. The zero-order valence-electron chi connectivity index (χ0n) is 10.5. The third-order valence-electron chi connectivity index (χ3n) is 2.44. The van der Waals surface area contributed by atoms with Gasteiger partial charge < -0.3 is 4.57 Å². The van der Waals surface area contributed by atoms with Crippen molar-refractivity contribution in [2.75, 3.05) is 4.57 Å². The van der Waals surface area contributed by atoms with E-state index in [0.717, 1.165) is 11.6 Å². The lowest BCUT2D eigenvalue weighted by Crippen LogP contribution is -2.43. The lowest BCUT2D eigenvalue weighted by molar-refractivity contribution is 1.10. The standard InChI is InChI=1S/C13H17N3Si/c1-17(2,3)16(12-8-5-4-6-9-12)13-14-10-7-11-15-13/h4-11H,1-3H3. The van der Waals surface area contributed by atoms with Gasteiger partial charge in [-0.25, -0.2) is 9.97 Å². The molecule has 1 heterocycles. The summed E-state index contributed by atoms with van der Waals surface area (Å²) in [5, 5.41) is 0. The Morgan fingerprint density at radius 3 is 2.00 bits per heavy atom. The van der Waals surface area contributed by atoms with Crippen molar-refractivity contribution in [3.8, 4) is 0 Å². The average molecular weight is 243 g/mol. The highest BCUT2D eigenvalue weighted by atomic mass is 28.3. The van der Waals surface area contributed by atoms with Crippen LogP contribution < -0.4 is 4.57 Å². The van der Waals surface area contributed by atoms with Crippen LogP contribution in [0.4, 0.5) is 11.6 Å². The molecule has 2 rings (SSSR count). The van der Waals surface area contributed by atoms with Crippen LogP contribution in [0.25, 0.3) is 0 Å². The first-order valence-corrected chi connectivity index (χ1v) is 9.16. The molecule has 0 aliphatic carbocycles. The Bertz CT molecular complexity index is 426. The van der Waals surface area contributed by atoms with Crippen LogP contribution in [0.2, 0.25) is 19.6 Å². The Kier molecular flexibility index (Phi) is 3.24. The molecule has 1 aromatic heterocycles. The van der Waals surface area contributed by atoms with Crippen LogP contribution in [0.15, 0.2) is 48.8 Å². The van der Waals surface area contributed by atoms with Crippen LogP contribution in [0, 0.1) is 0 Å². The normalized spacial score (nSPS) is 11.2. The zero-order chi connectivity index (χ0) is 12.3. The third-order valence-corrected chi connectivity index (χ3v) is 4.24. The van der Waals surface area contributed by atoms with Gasteiger partial charge in [0.2, 0.25) is 5.95 Å². The molecule has 0 saturated heterocycles. The number of anilines is 2. The van der Waals surface area contributed by atoms with Crippen molar-refractivity contribution < 1.29 is 0 Å². The van der Waals surface area contributed by atoms with Gasteiger partial charge in [0.15, 0.2) is 8.24 Å². The van der Waals surface area contributed by atoms with Crippen molar-refractivity contribution in [1.29, 1.82) is 0 Å². The van der Waals surface area contributed by atoms with Gasteiger partial charge in [0, 0.05) is 18.1 Å². The number of aromatic nitrogens is 2. The van der Waals surface area contributed by atoms with Crippen molar-refractivity contribution in [2.24, 2.45) is 0 Å². The SMILES string of the molecule is C[Si](C)(C)N(c1ccccc1)c1ncccn1. The van der Waals surface area contributed by atoms with Crippen LogP contribution in [0.3, 0.4) is 0 Å². The molecular formula is C13H17N3Si. The average Bonchev–Trinajstić information content (AvgIpc) is 2.30. The summed E-state index contributed by atoms with van der Waals surface area (Å²) in [6.07, 6.45) is 3.58. The van der Waals surface area contributed by atoms with E-state index in [1.54, 1.807) is 12.4 Å². The van der Waals surface area contributed by atoms with E-state index in [4.69, 9.17) is 0 Å². The van der Waals surface area contributed by atoms with Gasteiger partial charge in [0.1, 0.15) is 0 Å². The summed E-state index contributed by atoms with van der Waals surface area (Å²) in [6, 6.07) is 12.2. The second kappa shape index (κ2) is 4.67. The number of hydrogen-bond acceptors (Lipinski definition) is 3. The molecule has 0 aliphatic heterocycles. The Balaban J connectivity index is 2.48. The van der Waals surface area contributed by atoms with Crippen molar-refractivity contribution in [1.82, 2.24) is 9.97 Å². The van der Waals surface area contributed by atoms with Gasteiger partial charge in [-0.3, -0.25) is 0 Å². The maximum absolute atomic E-state index is 4.37. The van der Waals surface area contributed by atoms with Crippen LogP contribution in [0.5, 0.6) is 0 Å². The van der Waals surface area contributed by atoms with Gasteiger partial charge in [-0.2, -0.15) is 0 Å². The number of benzene rings is 1. The van der Waals surface area contributed by atoms with Gasteiger partial charge in [-0.15, -0.1) is 0 Å². The summed E-state index contributed by atoms with van der Waals surface area (Å²) in [4.78, 5) is 8.74. The molecule has 0 unspecified atom stereocenters. The minimum absolute atomic E-state index is 0.790. The predicted octanol–water partition coefficient (Wildman–Crippen LogP) is 3.45. The molecule has 0 radical (unpaired) electrons. The van der Waals surface area contributed by atoms with Gasteiger partial charge in [-0.05, 0) is 18.2 Å². The molecular weight excluding hydrogens is 226 g/mol. The number of hydrogen-bond donors (Lipinski definition) is 0. The molecule has 0 amide bonds. The Morgan fingerprint density at radius 2 is 1.47 bits per heavy atom. The third kappa shape index (κ3) is 2.71. The molecule has 0 spiro atoms. The fraction of sp³-hybridized carbons (Fsp3) is 0.231. The van der Waals surface area contributed by atoms with Gasteiger partial charge in [0.05, 0.1) is 0 Å². The van der Waals surface area contributed by atoms with Crippen molar-refractivity contribution in [2.45, 2.75) is 19.6 Å². The van der Waals surface area contributed by atoms with Gasteiger partial charge in [-0.1, -0.05) is 37.8 Å². The second-order valence-corrected chi connectivity index (χ2v) is 9.68. The number of para-hydroxylation sites is 1. The lowest BCUT2D eigenvalue weighted by Gasteiger charge is -2.34. The van der Waals surface area contributed by atoms with E-state index in [2.05, 4.69) is 46.3 Å². The molecule has 0 saturated carbocycles. The Morgan fingerprint density at radius 1 is 0.882 bits per heavy atom. The summed E-state index contributed by atoms with van der Waals surface area (Å²) in [5.41, 5.74) is 1.16. The van der Waals surface area contributed by atoms with Crippen molar-refractivity contribution >= 4 is 19.9 Å². The fourth-order valence-electron chi connectivity index (χ4n) is 1.79. The lowest BCUT2D eigenvalue weighted by atomic mass is 10.3. The summed E-state index contributed by atoms with van der Waals surface area (Å²) >= 11 is 0. The smallest absolute Gasteiger partial charge is 0.221 e. The Labute approximate surface area is 103 Å². The van der Waals surface area contributed by atoms with Crippen LogP contribution in [-0.4, -0.2) is 18.2 Å². The summed E-state index contributed by atoms with van der Waals surface area (Å²) in [5.74, 6) is 0.790. The quantitative estimate of drug-likeness (QED) is 0.773. The molecule has 1 aromatic carbocycles. The van der Waals surface area contributed by atoms with Crippen LogP contribution >= 0.6 is 0 Å². The van der Waals surface area contributed by atoms with E-state index in [-0.39, 0.29) is 0 Å². The van der Waals surface area contributed by atoms with E-state index >= 15 is 0 Å². The van der Waals surface area contributed by atoms with Gasteiger partial charge >= 0.3 is 0 Å². The maximum Gasteiger partial charge on any atom is 0.221 e. The molecule has 0 N–H and O–H groups in total. The molecule has 0 fully saturated rings. The summed E-state index contributed by atoms with van der Waals surface area (Å²) in [6.45, 7) is 6.86. The predicted molar refractivity (Wildman–Crippen MR) is 74.0 cm³/mol. The number of rotatable bonds is 3. The van der Waals surface area contributed by atoms with Crippen molar-refractivity contribution in [3.05, 3.63) is 48.8 Å². The highest BCUT2D eigenvalue weighted by Gasteiger charge is 2.27. The molecule has 88 valence electrons. The van der Waals surface area contributed by atoms with Crippen molar-refractivity contribution in [3.63, 3.8) is 0 Å². The molecule has 0 bridgehead atoms. The minimum atomic E-state index is -1.56. The van der Waals surface area contributed by atoms with E-state index in [1.807, 2.05) is 24.3 Å². The fourth-order valence-corrected chi connectivity index (χ4v) is 3.43. The highest BCUT2D eigenvalue weighted by molar-refractivity contribution is 6.80. The van der Waals surface area contributed by atoms with Gasteiger partial charge in [0.25, 0.3) is 0 Å². The van der Waals surface area contributed by atoms with Crippen LogP contribution in [0.1, 0.15) is 0 Å². The minimum Gasteiger partial charge on any atom is -0.339 e. The first-order valence-electron chi connectivity index (χ1n) is 5.71. The van der Waals surface area contributed by atoms with Crippen LogP contribution in [-0.2, 0) is 0 Å². The second-order valence-electron chi connectivity index (χ2n) is 4.89. The summed E-state index contributed by atoms with van der Waals surface area (Å²) < 4.78 is 2.27. The number of nitrogens with zero attached hydrogens (tertiary/aromatic N) is 3. The molecule has 0 atom stereocenters. The summed E-state index contributed by atoms with van der Waals surface area (Å²) in [7, 11) is -1.56. The topological polar surface area (TPSA) is 29.0 Å². The molecule has 3 nitrogen and oxygen atoms in total.